The molecule has 0 atom stereocenters. The quantitative estimate of drug-likeness (QED) is 0.448. The molecule has 0 aliphatic heterocycles. The Hall–Kier alpha value is 0.180. The largest absolute Gasteiger partial charge is 0.154 e. The van der Waals surface area contributed by atoms with Crippen molar-refractivity contribution in [2.45, 2.75) is 0 Å². The highest BCUT2D eigenvalue weighted by Gasteiger charge is 1.76. The first-order chi connectivity index (χ1) is 4.41. The van der Waals surface area contributed by atoms with E-state index in [4.69, 9.17) is 0 Å². The molecule has 0 unspecified atom stereocenters. The molecule has 0 nitrogen and oxygen atoms in total. The van der Waals surface area contributed by atoms with Crippen LogP contribution in [0.2, 0.25) is 0 Å². The number of rotatable bonds is 5. The molecule has 0 saturated heterocycles. The van der Waals surface area contributed by atoms with Crippen molar-refractivity contribution in [2.75, 3.05) is 17.8 Å². The maximum absolute atomic E-state index is 3.63. The minimum absolute atomic E-state index is 1.05. The molecule has 2 heteroatoms. The normalized spacial score (nSPS) is 10.3. The van der Waals surface area contributed by atoms with Crippen molar-refractivity contribution >= 4 is 23.5 Å². The summed E-state index contributed by atoms with van der Waals surface area (Å²) in [6.07, 6.45) is 6.16. The summed E-state index contributed by atoms with van der Waals surface area (Å²) in [4.78, 5) is 0. The molecule has 0 amide bonds. The molecule has 0 spiro atoms. The maximum Gasteiger partial charge on any atom is 0.0124 e. The molecule has 0 aromatic heterocycles. The molecule has 0 heterocycles. The van der Waals surface area contributed by atoms with Crippen LogP contribution in [-0.2, 0) is 0 Å². The van der Waals surface area contributed by atoms with Crippen LogP contribution in [-0.4, -0.2) is 17.8 Å². The van der Waals surface area contributed by atoms with E-state index in [-0.39, 0.29) is 0 Å². The van der Waals surface area contributed by atoms with Gasteiger partial charge in [0.2, 0.25) is 0 Å². The summed E-state index contributed by atoms with van der Waals surface area (Å²) in [5.41, 5.74) is 0. The zero-order valence-electron chi connectivity index (χ0n) is 5.67. The van der Waals surface area contributed by atoms with Crippen molar-refractivity contribution in [1.29, 1.82) is 0 Å². The van der Waals surface area contributed by atoms with E-state index in [0.29, 0.717) is 0 Å². The fourth-order valence-corrected chi connectivity index (χ4v) is 1.30. The summed E-state index contributed by atoms with van der Waals surface area (Å²) in [6.45, 7) is 3.63. The highest BCUT2D eigenvalue weighted by Crippen LogP contribution is 2.01. The molecule has 0 aliphatic carbocycles. The summed E-state index contributed by atoms with van der Waals surface area (Å²) in [5, 5.41) is 2.11. The first-order valence-electron chi connectivity index (χ1n) is 2.78. The van der Waals surface area contributed by atoms with Crippen molar-refractivity contribution in [3.8, 4) is 0 Å². The lowest BCUT2D eigenvalue weighted by Crippen LogP contribution is -1.71. The van der Waals surface area contributed by atoms with Crippen LogP contribution < -0.4 is 0 Å². The molecule has 0 radical (unpaired) electrons. The van der Waals surface area contributed by atoms with Crippen molar-refractivity contribution in [3.05, 3.63) is 24.1 Å². The van der Waals surface area contributed by atoms with Crippen molar-refractivity contribution in [1.82, 2.24) is 0 Å². The fourth-order valence-electron chi connectivity index (χ4n) is 0.355. The SMILES string of the molecule is C=CCSC/C=C\SC. The van der Waals surface area contributed by atoms with Gasteiger partial charge in [-0.3, -0.25) is 0 Å². The summed E-state index contributed by atoms with van der Waals surface area (Å²) in [5.74, 6) is 2.16. The summed E-state index contributed by atoms with van der Waals surface area (Å²) in [7, 11) is 0. The average Bonchev–Trinajstić information content (AvgIpc) is 1.89. The van der Waals surface area contributed by atoms with Gasteiger partial charge < -0.3 is 0 Å². The third-order valence-corrected chi connectivity index (χ3v) is 2.05. The molecule has 0 N–H and O–H groups in total. The van der Waals surface area contributed by atoms with Gasteiger partial charge in [0.25, 0.3) is 0 Å². The van der Waals surface area contributed by atoms with Crippen LogP contribution in [0.4, 0.5) is 0 Å². The van der Waals surface area contributed by atoms with Gasteiger partial charge in [0.15, 0.2) is 0 Å². The highest BCUT2D eigenvalue weighted by molar-refractivity contribution is 8.01. The Morgan fingerprint density at radius 3 is 2.78 bits per heavy atom. The van der Waals surface area contributed by atoms with E-state index in [1.807, 2.05) is 17.8 Å². The lowest BCUT2D eigenvalue weighted by atomic mass is 10.8. The third kappa shape index (κ3) is 8.18. The smallest absolute Gasteiger partial charge is 0.0124 e. The summed E-state index contributed by atoms with van der Waals surface area (Å²) < 4.78 is 0. The van der Waals surface area contributed by atoms with Gasteiger partial charge in [-0.1, -0.05) is 12.2 Å². The van der Waals surface area contributed by atoms with Crippen LogP contribution in [0.15, 0.2) is 24.1 Å². The predicted molar refractivity (Wildman–Crippen MR) is 50.2 cm³/mol. The van der Waals surface area contributed by atoms with Gasteiger partial charge >= 0.3 is 0 Å². The zero-order chi connectivity index (χ0) is 6.95. The monoisotopic (exact) mass is 160 g/mol. The van der Waals surface area contributed by atoms with Gasteiger partial charge in [-0.05, 0) is 11.7 Å². The van der Waals surface area contributed by atoms with Crippen LogP contribution in [0.3, 0.4) is 0 Å². The van der Waals surface area contributed by atoms with Crippen LogP contribution in [0.1, 0.15) is 0 Å². The molecule has 0 rings (SSSR count). The molecule has 0 aliphatic rings. The second-order valence-electron chi connectivity index (χ2n) is 1.43. The van der Waals surface area contributed by atoms with Gasteiger partial charge in [-0.25, -0.2) is 0 Å². The Labute approximate surface area is 65.8 Å². The van der Waals surface area contributed by atoms with E-state index < -0.39 is 0 Å². The third-order valence-electron chi connectivity index (χ3n) is 0.682. The number of hydrogen-bond acceptors (Lipinski definition) is 2. The van der Waals surface area contributed by atoms with Crippen LogP contribution >= 0.6 is 23.5 Å². The standard InChI is InChI=1S/C7H12S2/c1-3-5-9-7-4-6-8-2/h3-4,6H,1,5,7H2,2H3/b6-4-. The Morgan fingerprint density at radius 2 is 2.22 bits per heavy atom. The molecule has 0 aromatic rings. The molecule has 0 bridgehead atoms. The first-order valence-corrected chi connectivity index (χ1v) is 5.22. The Balaban J connectivity index is 2.90. The van der Waals surface area contributed by atoms with Gasteiger partial charge in [-0.15, -0.1) is 18.3 Å². The van der Waals surface area contributed by atoms with Crippen molar-refractivity contribution in [3.63, 3.8) is 0 Å². The number of thioether (sulfide) groups is 2. The second kappa shape index (κ2) is 8.18. The van der Waals surface area contributed by atoms with E-state index in [0.717, 1.165) is 11.5 Å². The highest BCUT2D eigenvalue weighted by atomic mass is 32.2. The second-order valence-corrected chi connectivity index (χ2v) is 3.25. The molecule has 0 saturated carbocycles. The first kappa shape index (κ1) is 9.18. The van der Waals surface area contributed by atoms with Crippen LogP contribution in [0.5, 0.6) is 0 Å². The zero-order valence-corrected chi connectivity index (χ0v) is 7.30. The van der Waals surface area contributed by atoms with Gasteiger partial charge in [0.1, 0.15) is 0 Å². The van der Waals surface area contributed by atoms with Crippen molar-refractivity contribution in [2.24, 2.45) is 0 Å². The van der Waals surface area contributed by atoms with Crippen LogP contribution in [0, 0.1) is 0 Å². The Bertz CT molecular complexity index is 86.9. The number of hydrogen-bond donors (Lipinski definition) is 0. The molecular formula is C7H12S2. The van der Waals surface area contributed by atoms with Crippen LogP contribution in [0.25, 0.3) is 0 Å². The van der Waals surface area contributed by atoms with E-state index in [1.165, 1.54) is 0 Å². The predicted octanol–water partition coefficient (Wildman–Crippen LogP) is 2.78. The molecule has 0 fully saturated rings. The van der Waals surface area contributed by atoms with Gasteiger partial charge in [0.05, 0.1) is 0 Å². The topological polar surface area (TPSA) is 0 Å². The molecule has 0 aromatic carbocycles. The Morgan fingerprint density at radius 1 is 1.44 bits per heavy atom. The molecule has 52 valence electrons. The van der Waals surface area contributed by atoms with E-state index >= 15 is 0 Å². The fraction of sp³-hybridized carbons (Fsp3) is 0.429. The Kier molecular flexibility index (Phi) is 8.34. The molecule has 9 heavy (non-hydrogen) atoms. The van der Waals surface area contributed by atoms with E-state index in [9.17, 15) is 0 Å². The lowest BCUT2D eigenvalue weighted by molar-refractivity contribution is 1.74. The summed E-state index contributed by atoms with van der Waals surface area (Å²) in [6, 6.07) is 0. The maximum atomic E-state index is 3.63. The summed E-state index contributed by atoms with van der Waals surface area (Å²) >= 11 is 3.61. The lowest BCUT2D eigenvalue weighted by Gasteiger charge is -1.87. The minimum Gasteiger partial charge on any atom is -0.154 e. The van der Waals surface area contributed by atoms with E-state index in [2.05, 4.69) is 24.3 Å². The van der Waals surface area contributed by atoms with Gasteiger partial charge in [0, 0.05) is 11.5 Å². The van der Waals surface area contributed by atoms with E-state index in [1.54, 1.807) is 11.8 Å². The minimum atomic E-state index is 1.05. The van der Waals surface area contributed by atoms with Gasteiger partial charge in [-0.2, -0.15) is 11.8 Å². The molecular weight excluding hydrogens is 148 g/mol. The van der Waals surface area contributed by atoms with Crippen molar-refractivity contribution < 1.29 is 0 Å². The average molecular weight is 160 g/mol.